The van der Waals surface area contributed by atoms with Gasteiger partial charge in [-0.3, -0.25) is 0 Å². The topological polar surface area (TPSA) is 55.9 Å². The molecule has 0 aliphatic heterocycles. The van der Waals surface area contributed by atoms with Crippen LogP contribution in [0.15, 0.2) is 83.0 Å². The summed E-state index contributed by atoms with van der Waals surface area (Å²) in [6.07, 6.45) is 0. The van der Waals surface area contributed by atoms with E-state index in [9.17, 15) is 4.79 Å². The summed E-state index contributed by atoms with van der Waals surface area (Å²) in [5, 5.41) is 8.81. The first kappa shape index (κ1) is 19.8. The minimum Gasteiger partial charge on any atom is -0.423 e. The number of benzene rings is 3. The molecule has 3 aromatic carbocycles. The Morgan fingerprint density at radius 1 is 0.933 bits per heavy atom. The zero-order valence-corrected chi connectivity index (χ0v) is 17.8. The van der Waals surface area contributed by atoms with Gasteiger partial charge >= 0.3 is 5.97 Å². The van der Waals surface area contributed by atoms with Crippen LogP contribution in [0.3, 0.4) is 0 Å². The molecule has 0 radical (unpaired) electrons. The first-order chi connectivity index (χ1) is 14.5. The molecule has 0 fully saturated rings. The Labute approximate surface area is 178 Å². The second kappa shape index (κ2) is 8.47. The average molecular weight is 416 g/mol. The van der Waals surface area contributed by atoms with E-state index in [2.05, 4.69) is 22.3 Å². The van der Waals surface area contributed by atoms with Crippen molar-refractivity contribution in [2.24, 2.45) is 17.3 Å². The van der Waals surface area contributed by atoms with Crippen molar-refractivity contribution >= 4 is 33.2 Å². The van der Waals surface area contributed by atoms with Gasteiger partial charge in [0, 0.05) is 7.05 Å². The van der Waals surface area contributed by atoms with Crippen LogP contribution in [0.1, 0.15) is 28.4 Å². The predicted octanol–water partition coefficient (Wildman–Crippen LogP) is 5.09. The van der Waals surface area contributed by atoms with Gasteiger partial charge in [-0.05, 0) is 67.9 Å². The molecular formula is C24H21N3O2S. The second-order valence-electron chi connectivity index (χ2n) is 6.98. The standard InChI is InChI=1S/C24H21N3O2S/c1-16-8-10-19(11-9-16)23(28)29-20-14-12-18(13-15-20)17(2)25-26-24-27(3)21-6-4-5-7-22(21)30-24/h4-15H,1-3H3. The largest absolute Gasteiger partial charge is 0.423 e. The lowest BCUT2D eigenvalue weighted by molar-refractivity contribution is 0.0735. The van der Waals surface area contributed by atoms with E-state index in [-0.39, 0.29) is 5.97 Å². The van der Waals surface area contributed by atoms with Crippen molar-refractivity contribution in [2.75, 3.05) is 0 Å². The van der Waals surface area contributed by atoms with Gasteiger partial charge in [0.05, 0.1) is 21.5 Å². The number of thiazole rings is 1. The molecule has 0 amide bonds. The highest BCUT2D eigenvalue weighted by Gasteiger charge is 2.08. The normalized spacial score (nSPS) is 12.4. The summed E-state index contributed by atoms with van der Waals surface area (Å²) in [5.74, 6) is 0.116. The lowest BCUT2D eigenvalue weighted by Crippen LogP contribution is -2.09. The molecule has 1 heterocycles. The number of ether oxygens (including phenoxy) is 1. The third-order valence-corrected chi connectivity index (χ3v) is 5.87. The zero-order valence-electron chi connectivity index (χ0n) is 17.0. The average Bonchev–Trinajstić information content (AvgIpc) is 3.09. The van der Waals surface area contributed by atoms with Crippen molar-refractivity contribution in [3.63, 3.8) is 0 Å². The van der Waals surface area contributed by atoms with E-state index < -0.39 is 0 Å². The zero-order chi connectivity index (χ0) is 21.1. The molecule has 5 nitrogen and oxygen atoms in total. The van der Waals surface area contributed by atoms with Crippen molar-refractivity contribution < 1.29 is 9.53 Å². The molecule has 0 saturated heterocycles. The molecule has 4 rings (SSSR count). The van der Waals surface area contributed by atoms with Gasteiger partial charge in [0.2, 0.25) is 4.80 Å². The van der Waals surface area contributed by atoms with Crippen molar-refractivity contribution in [1.29, 1.82) is 0 Å². The van der Waals surface area contributed by atoms with E-state index >= 15 is 0 Å². The predicted molar refractivity (Wildman–Crippen MR) is 121 cm³/mol. The minimum absolute atomic E-state index is 0.375. The number of aryl methyl sites for hydroxylation is 2. The Kier molecular flexibility index (Phi) is 5.59. The third-order valence-electron chi connectivity index (χ3n) is 4.77. The van der Waals surface area contributed by atoms with Gasteiger partial charge in [-0.2, -0.15) is 5.10 Å². The number of aromatic nitrogens is 1. The number of hydrogen-bond donors (Lipinski definition) is 0. The van der Waals surface area contributed by atoms with E-state index in [1.165, 1.54) is 4.70 Å². The molecule has 0 atom stereocenters. The van der Waals surface area contributed by atoms with Crippen molar-refractivity contribution in [3.05, 3.63) is 94.3 Å². The highest BCUT2D eigenvalue weighted by Crippen LogP contribution is 2.17. The van der Waals surface area contributed by atoms with Crippen LogP contribution in [-0.2, 0) is 7.05 Å². The SMILES string of the molecule is CC(=NN=c1sc2ccccc2n1C)c1ccc(OC(=O)c2ccc(C)cc2)cc1. The first-order valence-electron chi connectivity index (χ1n) is 9.53. The summed E-state index contributed by atoms with van der Waals surface area (Å²) in [5.41, 5.74) is 4.45. The molecule has 4 aromatic rings. The van der Waals surface area contributed by atoms with E-state index in [1.807, 2.05) is 61.9 Å². The molecule has 6 heteroatoms. The van der Waals surface area contributed by atoms with Crippen LogP contribution in [0.5, 0.6) is 5.75 Å². The summed E-state index contributed by atoms with van der Waals surface area (Å²) in [7, 11) is 1.99. The van der Waals surface area contributed by atoms with Gasteiger partial charge in [0.25, 0.3) is 0 Å². The van der Waals surface area contributed by atoms with Crippen LogP contribution < -0.4 is 9.54 Å². The molecular weight excluding hydrogens is 394 g/mol. The molecule has 0 aliphatic carbocycles. The number of fused-ring (bicyclic) bond motifs is 1. The number of rotatable bonds is 4. The van der Waals surface area contributed by atoms with Crippen LogP contribution in [0.25, 0.3) is 10.2 Å². The van der Waals surface area contributed by atoms with Gasteiger partial charge in [0.15, 0.2) is 0 Å². The number of para-hydroxylation sites is 1. The van der Waals surface area contributed by atoms with E-state index in [0.717, 1.165) is 27.2 Å². The van der Waals surface area contributed by atoms with Gasteiger partial charge in [-0.1, -0.05) is 41.2 Å². The maximum atomic E-state index is 12.2. The number of nitrogens with zero attached hydrogens (tertiary/aromatic N) is 3. The molecule has 1 aromatic heterocycles. The fourth-order valence-corrected chi connectivity index (χ4v) is 3.94. The van der Waals surface area contributed by atoms with Crippen molar-refractivity contribution in [3.8, 4) is 5.75 Å². The van der Waals surface area contributed by atoms with Crippen LogP contribution in [-0.4, -0.2) is 16.2 Å². The van der Waals surface area contributed by atoms with E-state index in [0.29, 0.717) is 11.3 Å². The molecule has 150 valence electrons. The van der Waals surface area contributed by atoms with Crippen LogP contribution in [0.4, 0.5) is 0 Å². The summed E-state index contributed by atoms with van der Waals surface area (Å²) < 4.78 is 8.65. The number of carbonyl (C=O) groups is 1. The smallest absolute Gasteiger partial charge is 0.343 e. The summed E-state index contributed by atoms with van der Waals surface area (Å²) in [6, 6.07) is 22.7. The summed E-state index contributed by atoms with van der Waals surface area (Å²) >= 11 is 1.60. The maximum Gasteiger partial charge on any atom is 0.343 e. The maximum absolute atomic E-state index is 12.2. The van der Waals surface area contributed by atoms with Gasteiger partial charge in [-0.25, -0.2) is 4.79 Å². The van der Waals surface area contributed by atoms with E-state index in [1.54, 1.807) is 35.6 Å². The molecule has 0 aliphatic rings. The Morgan fingerprint density at radius 2 is 1.60 bits per heavy atom. The van der Waals surface area contributed by atoms with Crippen LogP contribution in [0, 0.1) is 6.92 Å². The molecule has 0 N–H and O–H groups in total. The van der Waals surface area contributed by atoms with Gasteiger partial charge in [-0.15, -0.1) is 5.10 Å². The highest BCUT2D eigenvalue weighted by molar-refractivity contribution is 7.16. The number of esters is 1. The Bertz CT molecular complexity index is 1300. The molecule has 0 bridgehead atoms. The van der Waals surface area contributed by atoms with Crippen LogP contribution >= 0.6 is 11.3 Å². The molecule has 0 unspecified atom stereocenters. The highest BCUT2D eigenvalue weighted by atomic mass is 32.1. The molecule has 0 saturated carbocycles. The Hall–Kier alpha value is -3.51. The fraction of sp³-hybridized carbons (Fsp3) is 0.125. The fourth-order valence-electron chi connectivity index (χ4n) is 2.97. The lowest BCUT2D eigenvalue weighted by Gasteiger charge is -2.06. The number of hydrogen-bond acceptors (Lipinski definition) is 5. The van der Waals surface area contributed by atoms with Gasteiger partial charge < -0.3 is 9.30 Å². The van der Waals surface area contributed by atoms with Crippen LogP contribution in [0.2, 0.25) is 0 Å². The monoisotopic (exact) mass is 415 g/mol. The Balaban J connectivity index is 1.51. The second-order valence-corrected chi connectivity index (χ2v) is 7.99. The Morgan fingerprint density at radius 3 is 2.30 bits per heavy atom. The first-order valence-corrected chi connectivity index (χ1v) is 10.3. The summed E-state index contributed by atoms with van der Waals surface area (Å²) in [4.78, 5) is 13.1. The quantitative estimate of drug-likeness (QED) is 0.202. The molecule has 0 spiro atoms. The van der Waals surface area contributed by atoms with Gasteiger partial charge in [0.1, 0.15) is 5.75 Å². The van der Waals surface area contributed by atoms with E-state index in [4.69, 9.17) is 4.74 Å². The van der Waals surface area contributed by atoms with Crippen molar-refractivity contribution in [2.45, 2.75) is 13.8 Å². The molecule has 30 heavy (non-hydrogen) atoms. The third kappa shape index (κ3) is 4.23. The van der Waals surface area contributed by atoms with Crippen molar-refractivity contribution in [1.82, 2.24) is 4.57 Å². The number of carbonyl (C=O) groups excluding carboxylic acids is 1. The lowest BCUT2D eigenvalue weighted by atomic mass is 10.1. The summed E-state index contributed by atoms with van der Waals surface area (Å²) in [6.45, 7) is 3.88. The minimum atomic E-state index is -0.375.